The minimum absolute atomic E-state index is 0.0122. The maximum atomic E-state index is 9.58. The summed E-state index contributed by atoms with van der Waals surface area (Å²) in [6, 6.07) is 17.7. The quantitative estimate of drug-likeness (QED) is 0.415. The van der Waals surface area contributed by atoms with Crippen molar-refractivity contribution in [1.29, 1.82) is 0 Å². The number of aliphatic hydroxyl groups is 1. The number of nitrogens with zero attached hydrogens (tertiary/aromatic N) is 4. The van der Waals surface area contributed by atoms with Crippen LogP contribution in [0.25, 0.3) is 21.3 Å². The number of pyridine rings is 1. The number of benzene rings is 2. The van der Waals surface area contributed by atoms with Gasteiger partial charge in [0.15, 0.2) is 5.13 Å². The lowest BCUT2D eigenvalue weighted by molar-refractivity contribution is 0.279. The van der Waals surface area contributed by atoms with E-state index in [2.05, 4.69) is 31.3 Å². The first-order valence-electron chi connectivity index (χ1n) is 8.90. The third-order valence-electron chi connectivity index (χ3n) is 4.37. The molecule has 0 aliphatic rings. The average molecular weight is 418 g/mol. The number of rotatable bonds is 5. The van der Waals surface area contributed by atoms with Crippen LogP contribution < -0.4 is 5.32 Å². The molecule has 142 valence electrons. The summed E-state index contributed by atoms with van der Waals surface area (Å²) in [5.41, 5.74) is 2.61. The van der Waals surface area contributed by atoms with Crippen LogP contribution in [0, 0.1) is 0 Å². The predicted molar refractivity (Wildman–Crippen MR) is 117 cm³/mol. The molecule has 0 saturated carbocycles. The molecule has 0 atom stereocenters. The molecular weight excluding hydrogens is 402 g/mol. The maximum Gasteiger partial charge on any atom is 0.190 e. The third kappa shape index (κ3) is 3.65. The monoisotopic (exact) mass is 417 g/mol. The van der Waals surface area contributed by atoms with Gasteiger partial charge in [-0.15, -0.1) is 0 Å². The zero-order valence-electron chi connectivity index (χ0n) is 15.1. The Morgan fingerprint density at radius 1 is 0.966 bits per heavy atom. The van der Waals surface area contributed by atoms with Gasteiger partial charge in [0, 0.05) is 21.4 Å². The normalized spacial score (nSPS) is 11.2. The van der Waals surface area contributed by atoms with Crippen molar-refractivity contribution in [2.45, 2.75) is 16.4 Å². The number of anilines is 2. The van der Waals surface area contributed by atoms with E-state index in [0.29, 0.717) is 5.82 Å². The Kier molecular flexibility index (Phi) is 4.81. The minimum Gasteiger partial charge on any atom is -0.392 e. The van der Waals surface area contributed by atoms with Gasteiger partial charge in [0.25, 0.3) is 0 Å². The summed E-state index contributed by atoms with van der Waals surface area (Å²) in [5.74, 6) is 0.701. The molecule has 0 fully saturated rings. The molecule has 0 spiro atoms. The van der Waals surface area contributed by atoms with E-state index >= 15 is 0 Å². The molecule has 0 unspecified atom stereocenters. The van der Waals surface area contributed by atoms with Gasteiger partial charge in [0.2, 0.25) is 0 Å². The fourth-order valence-electron chi connectivity index (χ4n) is 2.98. The molecular formula is C21H15N5OS2. The van der Waals surface area contributed by atoms with E-state index in [1.807, 2.05) is 48.5 Å². The highest BCUT2D eigenvalue weighted by Crippen LogP contribution is 2.34. The van der Waals surface area contributed by atoms with E-state index in [4.69, 9.17) is 0 Å². The van der Waals surface area contributed by atoms with Crippen molar-refractivity contribution < 1.29 is 5.11 Å². The molecule has 0 radical (unpaired) electrons. The van der Waals surface area contributed by atoms with E-state index < -0.39 is 0 Å². The van der Waals surface area contributed by atoms with Gasteiger partial charge in [-0.2, -0.15) is 0 Å². The number of nitrogens with one attached hydrogen (secondary N) is 1. The Bertz CT molecular complexity index is 1290. The molecule has 0 amide bonds. The number of hydrogen-bond donors (Lipinski definition) is 2. The Morgan fingerprint density at radius 2 is 1.90 bits per heavy atom. The van der Waals surface area contributed by atoms with Gasteiger partial charge < -0.3 is 10.4 Å². The molecule has 29 heavy (non-hydrogen) atoms. The van der Waals surface area contributed by atoms with Crippen LogP contribution in [-0.4, -0.2) is 25.0 Å². The molecule has 5 aromatic rings. The molecule has 0 aliphatic heterocycles. The van der Waals surface area contributed by atoms with Gasteiger partial charge in [-0.05, 0) is 42.0 Å². The van der Waals surface area contributed by atoms with Crippen molar-refractivity contribution in [2.24, 2.45) is 0 Å². The summed E-state index contributed by atoms with van der Waals surface area (Å²) >= 11 is 3.09. The van der Waals surface area contributed by atoms with E-state index in [1.54, 1.807) is 24.3 Å². The Morgan fingerprint density at radius 3 is 2.79 bits per heavy atom. The molecule has 0 saturated heterocycles. The third-order valence-corrected chi connectivity index (χ3v) is 6.37. The summed E-state index contributed by atoms with van der Waals surface area (Å²) in [7, 11) is 0. The molecule has 8 heteroatoms. The fraction of sp³-hybridized carbons (Fsp3) is 0.0476. The van der Waals surface area contributed by atoms with Crippen LogP contribution in [-0.2, 0) is 6.61 Å². The largest absolute Gasteiger partial charge is 0.392 e. The van der Waals surface area contributed by atoms with Gasteiger partial charge in [0.05, 0.1) is 12.1 Å². The standard InChI is InChI=1S/C21H15N5OS2/c27-11-13-4-1-2-6-18(13)28-14-7-8-16-15(10-14)19(24-12-23-16)26-21-25-17-5-3-9-22-20(17)29-21/h1-10,12,27H,11H2,(H,23,24,25,26). The first kappa shape index (κ1) is 18.0. The summed E-state index contributed by atoms with van der Waals surface area (Å²) in [4.78, 5) is 20.7. The summed E-state index contributed by atoms with van der Waals surface area (Å²) in [5, 5.41) is 14.5. The number of hydrogen-bond acceptors (Lipinski definition) is 8. The Labute approximate surface area is 174 Å². The molecule has 2 aromatic carbocycles. The van der Waals surface area contributed by atoms with Crippen LogP contribution in [0.4, 0.5) is 10.9 Å². The SMILES string of the molecule is OCc1ccccc1Sc1ccc2ncnc(Nc3nc4cccnc4s3)c2c1. The van der Waals surface area contributed by atoms with Gasteiger partial charge in [-0.3, -0.25) is 0 Å². The molecule has 0 bridgehead atoms. The van der Waals surface area contributed by atoms with Crippen LogP contribution in [0.3, 0.4) is 0 Å². The smallest absolute Gasteiger partial charge is 0.190 e. The molecule has 6 nitrogen and oxygen atoms in total. The second kappa shape index (κ2) is 7.75. The second-order valence-electron chi connectivity index (χ2n) is 6.24. The average Bonchev–Trinajstić information content (AvgIpc) is 3.17. The van der Waals surface area contributed by atoms with Crippen LogP contribution in [0.1, 0.15) is 5.56 Å². The zero-order valence-corrected chi connectivity index (χ0v) is 16.7. The van der Waals surface area contributed by atoms with Crippen molar-refractivity contribution in [1.82, 2.24) is 19.9 Å². The second-order valence-corrected chi connectivity index (χ2v) is 8.33. The van der Waals surface area contributed by atoms with Gasteiger partial charge in [0.1, 0.15) is 22.5 Å². The minimum atomic E-state index is 0.0122. The molecule has 3 aromatic heterocycles. The van der Waals surface area contributed by atoms with Crippen LogP contribution in [0.2, 0.25) is 0 Å². The number of aliphatic hydroxyl groups excluding tert-OH is 1. The first-order valence-corrected chi connectivity index (χ1v) is 10.5. The van der Waals surface area contributed by atoms with E-state index in [1.165, 1.54) is 11.3 Å². The van der Waals surface area contributed by atoms with Gasteiger partial charge in [-0.25, -0.2) is 19.9 Å². The number of aromatic nitrogens is 4. The Hall–Kier alpha value is -3.07. The molecule has 5 rings (SSSR count). The molecule has 0 aliphatic carbocycles. The van der Waals surface area contributed by atoms with Crippen molar-refractivity contribution in [3.8, 4) is 0 Å². The highest BCUT2D eigenvalue weighted by Gasteiger charge is 2.10. The van der Waals surface area contributed by atoms with Crippen LogP contribution in [0.5, 0.6) is 0 Å². The zero-order chi connectivity index (χ0) is 19.6. The number of fused-ring (bicyclic) bond motifs is 2. The summed E-state index contributed by atoms with van der Waals surface area (Å²) in [6.07, 6.45) is 3.31. The summed E-state index contributed by atoms with van der Waals surface area (Å²) < 4.78 is 0. The molecule has 2 N–H and O–H groups in total. The fourth-order valence-corrected chi connectivity index (χ4v) is 4.77. The highest BCUT2D eigenvalue weighted by molar-refractivity contribution is 7.99. The maximum absolute atomic E-state index is 9.58. The Balaban J connectivity index is 1.51. The van der Waals surface area contributed by atoms with Crippen molar-refractivity contribution in [3.63, 3.8) is 0 Å². The lowest BCUT2D eigenvalue weighted by Gasteiger charge is -2.09. The highest BCUT2D eigenvalue weighted by atomic mass is 32.2. The lowest BCUT2D eigenvalue weighted by Crippen LogP contribution is -1.95. The van der Waals surface area contributed by atoms with E-state index in [-0.39, 0.29) is 6.61 Å². The van der Waals surface area contributed by atoms with Gasteiger partial charge >= 0.3 is 0 Å². The first-order chi connectivity index (χ1) is 14.3. The number of thiazole rings is 1. The van der Waals surface area contributed by atoms with Crippen molar-refractivity contribution in [3.05, 3.63) is 72.7 Å². The van der Waals surface area contributed by atoms with Crippen LogP contribution in [0.15, 0.2) is 76.9 Å². The van der Waals surface area contributed by atoms with E-state index in [0.717, 1.165) is 41.7 Å². The summed E-state index contributed by atoms with van der Waals surface area (Å²) in [6.45, 7) is 0.0122. The molecule has 3 heterocycles. The van der Waals surface area contributed by atoms with Crippen LogP contribution >= 0.6 is 23.1 Å². The van der Waals surface area contributed by atoms with Crippen molar-refractivity contribution in [2.75, 3.05) is 5.32 Å². The van der Waals surface area contributed by atoms with Gasteiger partial charge in [-0.1, -0.05) is 41.3 Å². The topological polar surface area (TPSA) is 83.8 Å². The van der Waals surface area contributed by atoms with Crippen molar-refractivity contribution >= 4 is 55.3 Å². The van der Waals surface area contributed by atoms with E-state index in [9.17, 15) is 5.11 Å². The predicted octanol–water partition coefficient (Wildman–Crippen LogP) is 5.02. The lowest BCUT2D eigenvalue weighted by atomic mass is 10.2.